The summed E-state index contributed by atoms with van der Waals surface area (Å²) in [7, 11) is 0. The van der Waals surface area contributed by atoms with Gasteiger partial charge >= 0.3 is 0 Å². The van der Waals surface area contributed by atoms with Crippen LogP contribution in [0.1, 0.15) is 50.0 Å². The van der Waals surface area contributed by atoms with E-state index in [0.29, 0.717) is 36.8 Å². The van der Waals surface area contributed by atoms with Crippen molar-refractivity contribution < 1.29 is 14.3 Å². The van der Waals surface area contributed by atoms with Gasteiger partial charge in [-0.25, -0.2) is 4.99 Å². The van der Waals surface area contributed by atoms with Crippen molar-refractivity contribution in [3.63, 3.8) is 0 Å². The fraction of sp³-hybridized carbons (Fsp3) is 0.391. The number of aliphatic imine (C=N–C) groups is 1. The van der Waals surface area contributed by atoms with Crippen LogP contribution in [0.5, 0.6) is 11.5 Å². The van der Waals surface area contributed by atoms with Gasteiger partial charge in [0.2, 0.25) is 0 Å². The molecule has 1 unspecified atom stereocenters. The molecule has 0 spiro atoms. The van der Waals surface area contributed by atoms with Crippen molar-refractivity contribution >= 4 is 17.6 Å². The number of rotatable bonds is 10. The lowest BCUT2D eigenvalue weighted by atomic mass is 10.1. The first-order valence-corrected chi connectivity index (χ1v) is 10.3. The number of anilines is 1. The number of nitrogens with zero attached hydrogens (tertiary/aromatic N) is 1. The number of carbonyl (C=O) groups excluding carboxylic acids is 1. The highest BCUT2D eigenvalue weighted by Crippen LogP contribution is 2.29. The Hall–Kier alpha value is -3.22. The molecule has 4 N–H and O–H groups in total. The molecule has 0 aromatic heterocycles. The molecule has 0 saturated carbocycles. The maximum absolute atomic E-state index is 12.3. The predicted molar refractivity (Wildman–Crippen MR) is 121 cm³/mol. The van der Waals surface area contributed by atoms with Crippen molar-refractivity contribution in [2.45, 2.75) is 46.7 Å². The van der Waals surface area contributed by atoms with Gasteiger partial charge in [0, 0.05) is 17.7 Å². The molecule has 2 aromatic rings. The van der Waals surface area contributed by atoms with Crippen molar-refractivity contribution in [3.8, 4) is 11.5 Å². The van der Waals surface area contributed by atoms with Crippen molar-refractivity contribution in [3.05, 3.63) is 53.6 Å². The Bertz CT molecular complexity index is 867. The van der Waals surface area contributed by atoms with Crippen LogP contribution in [0.25, 0.3) is 0 Å². The molecule has 1 amide bonds. The Morgan fingerprint density at radius 1 is 1.10 bits per heavy atom. The molecule has 0 aliphatic carbocycles. The number of nitrogens with two attached hydrogens (primary N) is 1. The molecule has 162 valence electrons. The van der Waals surface area contributed by atoms with Crippen LogP contribution in [0.2, 0.25) is 0 Å². The van der Waals surface area contributed by atoms with Gasteiger partial charge in [0.15, 0.2) is 5.96 Å². The van der Waals surface area contributed by atoms with Crippen molar-refractivity contribution in [2.75, 3.05) is 18.5 Å². The quantitative estimate of drug-likeness (QED) is 0.406. The molecule has 0 bridgehead atoms. The van der Waals surface area contributed by atoms with E-state index in [1.54, 1.807) is 6.07 Å². The SMILES string of the molecule is CCOc1ccc(OCC)c(NC(N)=NCc2cccc(C(=O)NC(C)CC)c2)c1. The highest BCUT2D eigenvalue weighted by Gasteiger charge is 2.10. The van der Waals surface area contributed by atoms with E-state index < -0.39 is 0 Å². The zero-order valence-corrected chi connectivity index (χ0v) is 18.2. The second-order valence-electron chi connectivity index (χ2n) is 6.83. The summed E-state index contributed by atoms with van der Waals surface area (Å²) in [5, 5.41) is 6.05. The minimum Gasteiger partial charge on any atom is -0.494 e. The summed E-state index contributed by atoms with van der Waals surface area (Å²) < 4.78 is 11.2. The summed E-state index contributed by atoms with van der Waals surface area (Å²) in [6.07, 6.45) is 0.881. The van der Waals surface area contributed by atoms with Crippen LogP contribution in [0.4, 0.5) is 5.69 Å². The number of hydrogen-bond acceptors (Lipinski definition) is 4. The molecular weight excluding hydrogens is 380 g/mol. The van der Waals surface area contributed by atoms with Gasteiger partial charge in [-0.05, 0) is 57.0 Å². The van der Waals surface area contributed by atoms with E-state index in [1.165, 1.54) is 0 Å². The van der Waals surface area contributed by atoms with Crippen LogP contribution in [0.3, 0.4) is 0 Å². The second-order valence-corrected chi connectivity index (χ2v) is 6.83. The maximum Gasteiger partial charge on any atom is 0.251 e. The first-order valence-electron chi connectivity index (χ1n) is 10.3. The van der Waals surface area contributed by atoms with Crippen LogP contribution in [-0.2, 0) is 6.54 Å². The van der Waals surface area contributed by atoms with Gasteiger partial charge in [0.05, 0.1) is 25.4 Å². The Morgan fingerprint density at radius 2 is 1.87 bits per heavy atom. The zero-order chi connectivity index (χ0) is 21.9. The Balaban J connectivity index is 2.09. The summed E-state index contributed by atoms with van der Waals surface area (Å²) in [6, 6.07) is 13.0. The highest BCUT2D eigenvalue weighted by molar-refractivity contribution is 5.95. The minimum absolute atomic E-state index is 0.0876. The third-order valence-corrected chi connectivity index (χ3v) is 4.44. The van der Waals surface area contributed by atoms with Gasteiger partial charge in [0.25, 0.3) is 5.91 Å². The van der Waals surface area contributed by atoms with Crippen LogP contribution in [-0.4, -0.2) is 31.1 Å². The summed E-state index contributed by atoms with van der Waals surface area (Å²) in [6.45, 7) is 9.31. The van der Waals surface area contributed by atoms with Crippen LogP contribution >= 0.6 is 0 Å². The van der Waals surface area contributed by atoms with Crippen LogP contribution < -0.4 is 25.8 Å². The van der Waals surface area contributed by atoms with E-state index in [1.807, 2.05) is 64.1 Å². The summed E-state index contributed by atoms with van der Waals surface area (Å²) in [4.78, 5) is 16.7. The number of carbonyl (C=O) groups is 1. The lowest BCUT2D eigenvalue weighted by Crippen LogP contribution is -2.31. The first-order chi connectivity index (χ1) is 14.5. The van der Waals surface area contributed by atoms with Gasteiger partial charge in [-0.3, -0.25) is 4.79 Å². The fourth-order valence-corrected chi connectivity index (χ4v) is 2.72. The van der Waals surface area contributed by atoms with E-state index in [4.69, 9.17) is 15.2 Å². The van der Waals surface area contributed by atoms with Crippen LogP contribution in [0, 0.1) is 0 Å². The number of amides is 1. The third-order valence-electron chi connectivity index (χ3n) is 4.44. The molecule has 7 heteroatoms. The van der Waals surface area contributed by atoms with Gasteiger partial charge in [0.1, 0.15) is 11.5 Å². The normalized spacial score (nSPS) is 12.2. The fourth-order valence-electron chi connectivity index (χ4n) is 2.72. The van der Waals surface area contributed by atoms with Crippen molar-refractivity contribution in [1.29, 1.82) is 0 Å². The Labute approximate surface area is 178 Å². The average Bonchev–Trinajstić information content (AvgIpc) is 2.74. The average molecular weight is 413 g/mol. The van der Waals surface area contributed by atoms with E-state index in [-0.39, 0.29) is 17.9 Å². The summed E-state index contributed by atoms with van der Waals surface area (Å²) in [5.74, 6) is 1.55. The van der Waals surface area contributed by atoms with E-state index in [0.717, 1.165) is 17.7 Å². The first kappa shape index (κ1) is 23.1. The van der Waals surface area contributed by atoms with Gasteiger partial charge in [-0.15, -0.1) is 0 Å². The van der Waals surface area contributed by atoms with Crippen molar-refractivity contribution in [2.24, 2.45) is 10.7 Å². The smallest absolute Gasteiger partial charge is 0.251 e. The number of ether oxygens (including phenoxy) is 2. The molecule has 2 aromatic carbocycles. The molecule has 0 radical (unpaired) electrons. The molecule has 0 aliphatic rings. The standard InChI is InChI=1S/C23H32N4O3/c1-5-16(4)26-22(28)18-10-8-9-17(13-18)15-25-23(24)27-20-14-19(29-6-2)11-12-21(20)30-7-3/h8-14,16H,5-7,15H2,1-4H3,(H,26,28)(H3,24,25,27). The van der Waals surface area contributed by atoms with Crippen molar-refractivity contribution in [1.82, 2.24) is 5.32 Å². The third kappa shape index (κ3) is 6.99. The van der Waals surface area contributed by atoms with Gasteiger partial charge in [-0.1, -0.05) is 19.1 Å². The molecular formula is C23H32N4O3. The molecule has 0 fully saturated rings. The Morgan fingerprint density at radius 3 is 2.57 bits per heavy atom. The largest absolute Gasteiger partial charge is 0.494 e. The molecule has 1 atom stereocenters. The Kier molecular flexibility index (Phi) is 9.00. The number of hydrogen-bond donors (Lipinski definition) is 3. The lowest BCUT2D eigenvalue weighted by Gasteiger charge is -2.14. The van der Waals surface area contributed by atoms with Crippen LogP contribution in [0.15, 0.2) is 47.5 Å². The van der Waals surface area contributed by atoms with E-state index in [2.05, 4.69) is 15.6 Å². The number of nitrogens with one attached hydrogen (secondary N) is 2. The molecule has 0 aliphatic heterocycles. The zero-order valence-electron chi connectivity index (χ0n) is 18.2. The molecule has 30 heavy (non-hydrogen) atoms. The number of guanidine groups is 1. The van der Waals surface area contributed by atoms with E-state index >= 15 is 0 Å². The predicted octanol–water partition coefficient (Wildman–Crippen LogP) is 3.94. The molecule has 7 nitrogen and oxygen atoms in total. The highest BCUT2D eigenvalue weighted by atomic mass is 16.5. The topological polar surface area (TPSA) is 98.0 Å². The molecule has 0 heterocycles. The van der Waals surface area contributed by atoms with E-state index in [9.17, 15) is 4.79 Å². The summed E-state index contributed by atoms with van der Waals surface area (Å²) in [5.41, 5.74) is 8.28. The molecule has 0 saturated heterocycles. The second kappa shape index (κ2) is 11.7. The lowest BCUT2D eigenvalue weighted by molar-refractivity contribution is 0.0939. The monoisotopic (exact) mass is 412 g/mol. The molecule has 2 rings (SSSR count). The maximum atomic E-state index is 12.3. The number of benzene rings is 2. The van der Waals surface area contributed by atoms with Gasteiger partial charge < -0.3 is 25.8 Å². The van der Waals surface area contributed by atoms with Gasteiger partial charge in [-0.2, -0.15) is 0 Å². The minimum atomic E-state index is -0.0876. The summed E-state index contributed by atoms with van der Waals surface area (Å²) >= 11 is 0.